The van der Waals surface area contributed by atoms with E-state index in [4.69, 9.17) is 9.97 Å². The van der Waals surface area contributed by atoms with Gasteiger partial charge in [0.25, 0.3) is 0 Å². The molecule has 148 valence electrons. The van der Waals surface area contributed by atoms with Gasteiger partial charge in [-0.2, -0.15) is 4.98 Å². The number of nitrogens with zero attached hydrogens (tertiary/aromatic N) is 5. The number of anilines is 2. The highest BCUT2D eigenvalue weighted by atomic mass is 16.2. The normalized spacial score (nSPS) is 20.5. The fourth-order valence-electron chi connectivity index (χ4n) is 4.50. The van der Waals surface area contributed by atoms with Gasteiger partial charge in [0.15, 0.2) is 0 Å². The molecular weight excluding hydrogens is 340 g/mol. The van der Waals surface area contributed by atoms with Crippen molar-refractivity contribution in [2.45, 2.75) is 64.0 Å². The lowest BCUT2D eigenvalue weighted by molar-refractivity contribution is 0.184. The van der Waals surface area contributed by atoms with Crippen LogP contribution in [0.3, 0.4) is 0 Å². The minimum Gasteiger partial charge on any atom is -0.362 e. The third kappa shape index (κ3) is 3.96. The van der Waals surface area contributed by atoms with Crippen LogP contribution in [0.15, 0.2) is 0 Å². The van der Waals surface area contributed by atoms with Crippen molar-refractivity contribution in [1.29, 1.82) is 0 Å². The number of fused-ring (bicyclic) bond motifs is 1. The third-order valence-corrected chi connectivity index (χ3v) is 6.06. The molecule has 0 aromatic carbocycles. The fourth-order valence-corrected chi connectivity index (χ4v) is 4.50. The standard InChI is InChI=1S/C20H32N6O/c1-24(2)18-16-14-26(20(27)21-15-8-4-3-5-9-15)13-10-17(16)22-19(23-18)25-11-6-7-12-25/h15H,3-14H2,1-2H3,(H,21,27). The molecule has 1 aromatic heterocycles. The first-order chi connectivity index (χ1) is 13.1. The highest BCUT2D eigenvalue weighted by molar-refractivity contribution is 5.75. The van der Waals surface area contributed by atoms with E-state index in [1.165, 1.54) is 32.1 Å². The van der Waals surface area contributed by atoms with E-state index in [0.29, 0.717) is 12.6 Å². The summed E-state index contributed by atoms with van der Waals surface area (Å²) in [6.45, 7) is 3.42. The lowest BCUT2D eigenvalue weighted by Gasteiger charge is -2.33. The number of hydrogen-bond donors (Lipinski definition) is 1. The van der Waals surface area contributed by atoms with Gasteiger partial charge < -0.3 is 20.0 Å². The van der Waals surface area contributed by atoms with Crippen LogP contribution in [0.1, 0.15) is 56.2 Å². The second-order valence-electron chi connectivity index (χ2n) is 8.32. The molecule has 3 aliphatic rings. The monoisotopic (exact) mass is 372 g/mol. The van der Waals surface area contributed by atoms with E-state index in [2.05, 4.69) is 15.1 Å². The number of rotatable bonds is 3. The summed E-state index contributed by atoms with van der Waals surface area (Å²) in [5.41, 5.74) is 2.21. The Hall–Kier alpha value is -2.05. The zero-order chi connectivity index (χ0) is 18.8. The van der Waals surface area contributed by atoms with Gasteiger partial charge in [-0.3, -0.25) is 0 Å². The SMILES string of the molecule is CN(C)c1nc(N2CCCC2)nc2c1CN(C(=O)NC1CCCCC1)CC2. The molecule has 0 bridgehead atoms. The number of carbonyl (C=O) groups is 1. The Morgan fingerprint density at radius 2 is 1.78 bits per heavy atom. The van der Waals surface area contributed by atoms with Gasteiger partial charge in [-0.1, -0.05) is 19.3 Å². The van der Waals surface area contributed by atoms with Gasteiger partial charge in [-0.05, 0) is 25.7 Å². The molecule has 0 radical (unpaired) electrons. The molecule has 1 aliphatic carbocycles. The van der Waals surface area contributed by atoms with E-state index in [1.54, 1.807) is 0 Å². The van der Waals surface area contributed by atoms with Crippen molar-refractivity contribution in [1.82, 2.24) is 20.2 Å². The van der Waals surface area contributed by atoms with Crippen LogP contribution in [-0.4, -0.2) is 60.7 Å². The minimum absolute atomic E-state index is 0.0703. The van der Waals surface area contributed by atoms with Crippen LogP contribution in [0.5, 0.6) is 0 Å². The molecule has 0 unspecified atom stereocenters. The van der Waals surface area contributed by atoms with Gasteiger partial charge in [0.2, 0.25) is 5.95 Å². The van der Waals surface area contributed by atoms with Crippen LogP contribution in [0.25, 0.3) is 0 Å². The van der Waals surface area contributed by atoms with Gasteiger partial charge in [0, 0.05) is 51.8 Å². The molecule has 1 saturated heterocycles. The van der Waals surface area contributed by atoms with E-state index in [1.807, 2.05) is 19.0 Å². The fraction of sp³-hybridized carbons (Fsp3) is 0.750. The van der Waals surface area contributed by atoms with Crippen LogP contribution in [0, 0.1) is 0 Å². The highest BCUT2D eigenvalue weighted by Gasteiger charge is 2.29. The van der Waals surface area contributed by atoms with Crippen molar-refractivity contribution in [3.8, 4) is 0 Å². The van der Waals surface area contributed by atoms with Crippen molar-refractivity contribution in [2.24, 2.45) is 0 Å². The largest absolute Gasteiger partial charge is 0.362 e. The summed E-state index contributed by atoms with van der Waals surface area (Å²) in [5, 5.41) is 3.25. The zero-order valence-electron chi connectivity index (χ0n) is 16.7. The second kappa shape index (κ2) is 7.90. The van der Waals surface area contributed by atoms with E-state index in [-0.39, 0.29) is 6.03 Å². The minimum atomic E-state index is 0.0703. The maximum atomic E-state index is 12.8. The second-order valence-corrected chi connectivity index (χ2v) is 8.32. The molecule has 2 fully saturated rings. The van der Waals surface area contributed by atoms with Crippen molar-refractivity contribution in [2.75, 3.05) is 43.5 Å². The Morgan fingerprint density at radius 3 is 2.48 bits per heavy atom. The molecule has 7 heteroatoms. The maximum absolute atomic E-state index is 12.8. The Bertz CT molecular complexity index is 679. The summed E-state index contributed by atoms with van der Waals surface area (Å²) in [5.74, 6) is 1.81. The van der Waals surface area contributed by atoms with Crippen molar-refractivity contribution < 1.29 is 4.79 Å². The molecule has 4 rings (SSSR count). The Labute approximate surface area is 162 Å². The molecule has 2 amide bonds. The van der Waals surface area contributed by atoms with Gasteiger partial charge in [0.1, 0.15) is 5.82 Å². The first kappa shape index (κ1) is 18.3. The smallest absolute Gasteiger partial charge is 0.317 e. The number of hydrogen-bond acceptors (Lipinski definition) is 5. The average molecular weight is 373 g/mol. The number of carbonyl (C=O) groups excluding carboxylic acids is 1. The summed E-state index contributed by atoms with van der Waals surface area (Å²) in [6, 6.07) is 0.413. The molecule has 7 nitrogen and oxygen atoms in total. The van der Waals surface area contributed by atoms with Crippen molar-refractivity contribution in [3.05, 3.63) is 11.3 Å². The van der Waals surface area contributed by atoms with E-state index in [0.717, 1.165) is 61.9 Å². The van der Waals surface area contributed by atoms with Crippen LogP contribution in [0.4, 0.5) is 16.6 Å². The lowest BCUT2D eigenvalue weighted by Crippen LogP contribution is -2.47. The molecule has 1 aromatic rings. The van der Waals surface area contributed by atoms with Gasteiger partial charge in [-0.15, -0.1) is 0 Å². The Balaban J connectivity index is 1.51. The first-order valence-electron chi connectivity index (χ1n) is 10.5. The summed E-state index contributed by atoms with van der Waals surface area (Å²) in [6.07, 6.45) is 9.21. The molecule has 3 heterocycles. The molecule has 1 N–H and O–H groups in total. The lowest BCUT2D eigenvalue weighted by atomic mass is 9.95. The van der Waals surface area contributed by atoms with E-state index in [9.17, 15) is 4.79 Å². The summed E-state index contributed by atoms with van der Waals surface area (Å²) < 4.78 is 0. The van der Waals surface area contributed by atoms with Crippen LogP contribution < -0.4 is 15.1 Å². The maximum Gasteiger partial charge on any atom is 0.317 e. The van der Waals surface area contributed by atoms with Gasteiger partial charge >= 0.3 is 6.03 Å². The molecule has 27 heavy (non-hydrogen) atoms. The van der Waals surface area contributed by atoms with Gasteiger partial charge in [-0.25, -0.2) is 9.78 Å². The Kier molecular flexibility index (Phi) is 5.36. The number of amides is 2. The molecule has 0 atom stereocenters. The molecular formula is C20H32N6O. The highest BCUT2D eigenvalue weighted by Crippen LogP contribution is 2.29. The predicted molar refractivity (Wildman–Crippen MR) is 107 cm³/mol. The number of nitrogens with one attached hydrogen (secondary N) is 1. The molecule has 2 aliphatic heterocycles. The molecule has 0 spiro atoms. The average Bonchev–Trinajstić information content (AvgIpc) is 3.22. The summed E-state index contributed by atoms with van der Waals surface area (Å²) in [7, 11) is 4.05. The van der Waals surface area contributed by atoms with Crippen LogP contribution >= 0.6 is 0 Å². The Morgan fingerprint density at radius 1 is 1.04 bits per heavy atom. The quantitative estimate of drug-likeness (QED) is 0.883. The third-order valence-electron chi connectivity index (χ3n) is 6.06. The van der Waals surface area contributed by atoms with E-state index >= 15 is 0 Å². The topological polar surface area (TPSA) is 64.6 Å². The zero-order valence-corrected chi connectivity index (χ0v) is 16.7. The van der Waals surface area contributed by atoms with Gasteiger partial charge in [0.05, 0.1) is 12.2 Å². The van der Waals surface area contributed by atoms with Crippen molar-refractivity contribution >= 4 is 17.8 Å². The summed E-state index contributed by atoms with van der Waals surface area (Å²) >= 11 is 0. The van der Waals surface area contributed by atoms with Crippen LogP contribution in [0.2, 0.25) is 0 Å². The number of urea groups is 1. The summed E-state index contributed by atoms with van der Waals surface area (Å²) in [4.78, 5) is 28.8. The van der Waals surface area contributed by atoms with E-state index < -0.39 is 0 Å². The van der Waals surface area contributed by atoms with Crippen molar-refractivity contribution in [3.63, 3.8) is 0 Å². The predicted octanol–water partition coefficient (Wildman–Crippen LogP) is 2.54. The molecule has 1 saturated carbocycles. The number of aromatic nitrogens is 2. The first-order valence-corrected chi connectivity index (χ1v) is 10.5. The van der Waals surface area contributed by atoms with Crippen LogP contribution in [-0.2, 0) is 13.0 Å².